The fourth-order valence-electron chi connectivity index (χ4n) is 1.08. The van der Waals surface area contributed by atoms with Crippen molar-refractivity contribution in [1.29, 1.82) is 0 Å². The molecule has 0 bridgehead atoms. The maximum absolute atomic E-state index is 11.2. The van der Waals surface area contributed by atoms with E-state index in [1.807, 2.05) is 6.92 Å². The fourth-order valence-corrected chi connectivity index (χ4v) is 1.08. The van der Waals surface area contributed by atoms with Crippen LogP contribution in [0, 0.1) is 0 Å². The van der Waals surface area contributed by atoms with E-state index in [-0.39, 0.29) is 11.2 Å². The molecule has 0 radical (unpaired) electrons. The van der Waals surface area contributed by atoms with E-state index in [4.69, 9.17) is 0 Å². The van der Waals surface area contributed by atoms with Gasteiger partial charge in [-0.3, -0.25) is 14.3 Å². The molecule has 0 unspecified atom stereocenters. The lowest BCUT2D eigenvalue weighted by Crippen LogP contribution is -2.31. The Hall–Kier alpha value is -1.58. The molecule has 0 aliphatic rings. The smallest absolute Gasteiger partial charge is 0.297 e. The summed E-state index contributed by atoms with van der Waals surface area (Å²) in [7, 11) is 0. The van der Waals surface area contributed by atoms with Crippen LogP contribution in [-0.4, -0.2) is 9.55 Å². The van der Waals surface area contributed by atoms with Gasteiger partial charge in [0.05, 0.1) is 0 Å². The summed E-state index contributed by atoms with van der Waals surface area (Å²) in [6.07, 6.45) is 3.80. The van der Waals surface area contributed by atoms with Gasteiger partial charge in [-0.05, 0) is 6.42 Å². The van der Waals surface area contributed by atoms with Gasteiger partial charge < -0.3 is 0 Å². The number of H-pyrrole nitrogens is 1. The second-order valence-electron chi connectivity index (χ2n) is 2.71. The molecule has 0 spiro atoms. The molecule has 13 heavy (non-hydrogen) atoms. The number of nitrogens with zero attached hydrogens (tertiary/aromatic N) is 1. The number of hydrogen-bond donors (Lipinski definition) is 1. The highest BCUT2D eigenvalue weighted by Crippen LogP contribution is 1.88. The zero-order valence-electron chi connectivity index (χ0n) is 7.54. The minimum Gasteiger partial charge on any atom is -0.297 e. The molecule has 4 heteroatoms. The van der Waals surface area contributed by atoms with Gasteiger partial charge in [0.1, 0.15) is 0 Å². The average Bonchev–Trinajstić information content (AvgIpc) is 2.10. The number of aromatic nitrogens is 2. The highest BCUT2D eigenvalue weighted by Gasteiger charge is 2.00. The van der Waals surface area contributed by atoms with Gasteiger partial charge in [-0.2, -0.15) is 0 Å². The molecule has 0 aliphatic heterocycles. The Kier molecular flexibility index (Phi) is 2.84. The highest BCUT2D eigenvalue weighted by atomic mass is 16.2. The second kappa shape index (κ2) is 3.89. The van der Waals surface area contributed by atoms with Crippen LogP contribution in [0.15, 0.2) is 28.4 Å². The largest absolute Gasteiger partial charge is 0.328 e. The van der Waals surface area contributed by atoms with Crippen molar-refractivity contribution in [1.82, 2.24) is 9.55 Å². The first-order chi connectivity index (χ1) is 6.19. The van der Waals surface area contributed by atoms with Gasteiger partial charge in [0.2, 0.25) is 0 Å². The van der Waals surface area contributed by atoms with Crippen molar-refractivity contribution in [2.24, 2.45) is 0 Å². The molecular weight excluding hydrogens is 168 g/mol. The lowest BCUT2D eigenvalue weighted by atomic mass is 10.3. The Morgan fingerprint density at radius 2 is 2.31 bits per heavy atom. The zero-order chi connectivity index (χ0) is 9.84. The van der Waals surface area contributed by atoms with Crippen LogP contribution in [0.25, 0.3) is 0 Å². The summed E-state index contributed by atoms with van der Waals surface area (Å²) >= 11 is 0. The molecule has 0 atom stereocenters. The van der Waals surface area contributed by atoms with Crippen molar-refractivity contribution in [3.05, 3.63) is 45.3 Å². The second-order valence-corrected chi connectivity index (χ2v) is 2.71. The first-order valence-electron chi connectivity index (χ1n) is 4.12. The third kappa shape index (κ3) is 1.96. The van der Waals surface area contributed by atoms with E-state index in [1.54, 1.807) is 12.3 Å². The Morgan fingerprint density at radius 3 is 2.85 bits per heavy atom. The molecule has 1 N–H and O–H groups in total. The Balaban J connectivity index is 3.30. The van der Waals surface area contributed by atoms with Gasteiger partial charge >= 0.3 is 5.69 Å². The molecular formula is C9H12N2O2. The van der Waals surface area contributed by atoms with Crippen LogP contribution in [0.2, 0.25) is 0 Å². The quantitative estimate of drug-likeness (QED) is 0.679. The van der Waals surface area contributed by atoms with E-state index in [0.717, 1.165) is 0 Å². The Bertz CT molecular complexity index is 414. The van der Waals surface area contributed by atoms with Gasteiger partial charge in [-0.25, -0.2) is 4.79 Å². The van der Waals surface area contributed by atoms with Crippen molar-refractivity contribution in [3.8, 4) is 0 Å². The van der Waals surface area contributed by atoms with Crippen molar-refractivity contribution in [2.75, 3.05) is 0 Å². The van der Waals surface area contributed by atoms with Gasteiger partial charge in [0.15, 0.2) is 0 Å². The summed E-state index contributed by atoms with van der Waals surface area (Å²) in [5, 5.41) is 0. The summed E-state index contributed by atoms with van der Waals surface area (Å²) in [5.41, 5.74) is -0.0728. The van der Waals surface area contributed by atoms with Crippen LogP contribution in [0.5, 0.6) is 0 Å². The molecule has 70 valence electrons. The Morgan fingerprint density at radius 1 is 1.62 bits per heavy atom. The number of aromatic amines is 1. The number of nitrogens with one attached hydrogen (secondary N) is 1. The SMILES string of the molecule is C=CCn1cc(CC)c(=O)[nH]c1=O. The number of hydrogen-bond acceptors (Lipinski definition) is 2. The average molecular weight is 180 g/mol. The molecule has 0 saturated carbocycles. The normalized spacial score (nSPS) is 9.92. The molecule has 0 aliphatic carbocycles. The minimum absolute atomic E-state index is 0.298. The van der Waals surface area contributed by atoms with Crippen LogP contribution < -0.4 is 11.2 Å². The zero-order valence-corrected chi connectivity index (χ0v) is 7.54. The van der Waals surface area contributed by atoms with Crippen LogP contribution in [0.3, 0.4) is 0 Å². The van der Waals surface area contributed by atoms with Gasteiger partial charge in [0, 0.05) is 18.3 Å². The highest BCUT2D eigenvalue weighted by molar-refractivity contribution is 5.04. The molecule has 0 saturated heterocycles. The predicted octanol–water partition coefficient (Wildman–Crippen LogP) is 0.285. The van der Waals surface area contributed by atoms with Crippen molar-refractivity contribution in [2.45, 2.75) is 19.9 Å². The summed E-state index contributed by atoms with van der Waals surface area (Å²) in [6, 6.07) is 0. The lowest BCUT2D eigenvalue weighted by Gasteiger charge is -2.02. The van der Waals surface area contributed by atoms with Crippen LogP contribution in [0.4, 0.5) is 0 Å². The topological polar surface area (TPSA) is 54.9 Å². The maximum Gasteiger partial charge on any atom is 0.328 e. The molecule has 0 aromatic carbocycles. The molecule has 0 fully saturated rings. The monoisotopic (exact) mass is 180 g/mol. The fraction of sp³-hybridized carbons (Fsp3) is 0.333. The standard InChI is InChI=1S/C9H12N2O2/c1-3-5-11-6-7(4-2)8(12)10-9(11)13/h3,6H,1,4-5H2,2H3,(H,10,12,13). The van der Waals surface area contributed by atoms with E-state index in [2.05, 4.69) is 11.6 Å². The molecule has 4 nitrogen and oxygen atoms in total. The molecule has 1 aromatic heterocycles. The van der Waals surface area contributed by atoms with Gasteiger partial charge in [-0.15, -0.1) is 6.58 Å². The molecule has 1 aromatic rings. The van der Waals surface area contributed by atoms with Crippen molar-refractivity contribution >= 4 is 0 Å². The van der Waals surface area contributed by atoms with E-state index >= 15 is 0 Å². The number of allylic oxidation sites excluding steroid dienone is 1. The van der Waals surface area contributed by atoms with Gasteiger partial charge in [0.25, 0.3) is 5.56 Å². The van der Waals surface area contributed by atoms with Crippen LogP contribution in [0.1, 0.15) is 12.5 Å². The van der Waals surface area contributed by atoms with Crippen molar-refractivity contribution < 1.29 is 0 Å². The van der Waals surface area contributed by atoms with E-state index in [9.17, 15) is 9.59 Å². The third-order valence-corrected chi connectivity index (χ3v) is 1.79. The summed E-state index contributed by atoms with van der Waals surface area (Å²) in [4.78, 5) is 24.5. The van der Waals surface area contributed by atoms with Crippen LogP contribution in [-0.2, 0) is 13.0 Å². The third-order valence-electron chi connectivity index (χ3n) is 1.79. The maximum atomic E-state index is 11.2. The van der Waals surface area contributed by atoms with Gasteiger partial charge in [-0.1, -0.05) is 13.0 Å². The number of rotatable bonds is 3. The molecule has 1 heterocycles. The Labute approximate surface area is 75.5 Å². The molecule has 0 amide bonds. The summed E-state index contributed by atoms with van der Waals surface area (Å²) in [6.45, 7) is 5.81. The van der Waals surface area contributed by atoms with Crippen molar-refractivity contribution in [3.63, 3.8) is 0 Å². The predicted molar refractivity (Wildman–Crippen MR) is 50.9 cm³/mol. The van der Waals surface area contributed by atoms with E-state index in [0.29, 0.717) is 18.5 Å². The minimum atomic E-state index is -0.387. The lowest BCUT2D eigenvalue weighted by molar-refractivity contribution is 0.722. The van der Waals surface area contributed by atoms with E-state index in [1.165, 1.54) is 4.57 Å². The molecule has 1 rings (SSSR count). The summed E-state index contributed by atoms with van der Waals surface area (Å²) < 4.78 is 1.42. The van der Waals surface area contributed by atoms with Crippen LogP contribution >= 0.6 is 0 Å². The summed E-state index contributed by atoms with van der Waals surface area (Å²) in [5.74, 6) is 0. The first kappa shape index (κ1) is 9.51. The van der Waals surface area contributed by atoms with E-state index < -0.39 is 0 Å². The first-order valence-corrected chi connectivity index (χ1v) is 4.12. The number of aryl methyl sites for hydroxylation is 1.